The molecule has 2 heterocycles. The lowest BCUT2D eigenvalue weighted by atomic mass is 10.3. The molecular weight excluding hydrogens is 266 g/mol. The Balaban J connectivity index is 2.07. The molecule has 1 fully saturated rings. The van der Waals surface area contributed by atoms with Gasteiger partial charge in [0.1, 0.15) is 0 Å². The zero-order valence-electron chi connectivity index (χ0n) is 7.53. The van der Waals surface area contributed by atoms with E-state index < -0.39 is 0 Å². The lowest BCUT2D eigenvalue weighted by Crippen LogP contribution is -2.37. The van der Waals surface area contributed by atoms with Crippen LogP contribution >= 0.6 is 27.7 Å². The number of thioether (sulfide) groups is 1. The largest absolute Gasteiger partial charge is 0.444 e. The van der Waals surface area contributed by atoms with Crippen LogP contribution in [0.25, 0.3) is 0 Å². The average Bonchev–Trinajstić information content (AvgIpc) is 2.65. The van der Waals surface area contributed by atoms with Crippen molar-refractivity contribution < 1.29 is 9.21 Å². The van der Waals surface area contributed by atoms with Crippen LogP contribution in [-0.2, 0) is 0 Å². The van der Waals surface area contributed by atoms with Gasteiger partial charge in [0.15, 0.2) is 10.4 Å². The summed E-state index contributed by atoms with van der Waals surface area (Å²) in [6.07, 6.45) is 0. The van der Waals surface area contributed by atoms with Crippen LogP contribution in [0.4, 0.5) is 0 Å². The molecule has 1 saturated heterocycles. The molecule has 2 rings (SSSR count). The van der Waals surface area contributed by atoms with Crippen LogP contribution in [0.5, 0.6) is 0 Å². The van der Waals surface area contributed by atoms with Gasteiger partial charge < -0.3 is 9.32 Å². The molecule has 0 radical (unpaired) electrons. The molecule has 0 atom stereocenters. The predicted molar refractivity (Wildman–Crippen MR) is 59.6 cm³/mol. The minimum Gasteiger partial charge on any atom is -0.444 e. The fourth-order valence-corrected chi connectivity index (χ4v) is 2.56. The number of hydrogen-bond donors (Lipinski definition) is 0. The second kappa shape index (κ2) is 4.40. The molecule has 0 aliphatic carbocycles. The van der Waals surface area contributed by atoms with E-state index in [9.17, 15) is 4.79 Å². The van der Waals surface area contributed by atoms with Gasteiger partial charge in [-0.25, -0.2) is 0 Å². The molecule has 0 saturated carbocycles. The fourth-order valence-electron chi connectivity index (χ4n) is 1.35. The maximum atomic E-state index is 11.8. The van der Waals surface area contributed by atoms with Crippen LogP contribution in [0, 0.1) is 0 Å². The average molecular weight is 276 g/mol. The van der Waals surface area contributed by atoms with Gasteiger partial charge in [-0.1, -0.05) is 0 Å². The lowest BCUT2D eigenvalue weighted by molar-refractivity contribution is 0.0739. The van der Waals surface area contributed by atoms with Crippen LogP contribution in [0.15, 0.2) is 21.2 Å². The first-order valence-corrected chi connectivity index (χ1v) is 6.34. The highest BCUT2D eigenvalue weighted by atomic mass is 79.9. The molecule has 0 N–H and O–H groups in total. The van der Waals surface area contributed by atoms with Gasteiger partial charge in [-0.05, 0) is 28.1 Å². The van der Waals surface area contributed by atoms with Gasteiger partial charge in [-0.2, -0.15) is 11.8 Å². The maximum absolute atomic E-state index is 11.8. The smallest absolute Gasteiger partial charge is 0.289 e. The van der Waals surface area contributed by atoms with Crippen molar-refractivity contribution in [1.82, 2.24) is 4.90 Å². The second-order valence-electron chi connectivity index (χ2n) is 3.01. The molecule has 5 heteroatoms. The predicted octanol–water partition coefficient (Wildman–Crippen LogP) is 2.23. The van der Waals surface area contributed by atoms with E-state index in [1.807, 2.05) is 16.7 Å². The summed E-state index contributed by atoms with van der Waals surface area (Å²) in [6, 6.07) is 3.44. The lowest BCUT2D eigenvalue weighted by Gasteiger charge is -2.25. The van der Waals surface area contributed by atoms with Crippen molar-refractivity contribution in [2.75, 3.05) is 24.6 Å². The number of nitrogens with zero attached hydrogens (tertiary/aromatic N) is 1. The number of halogens is 1. The normalized spacial score (nSPS) is 17.1. The van der Waals surface area contributed by atoms with Gasteiger partial charge in [0.2, 0.25) is 0 Å². The van der Waals surface area contributed by atoms with E-state index in [1.54, 1.807) is 12.1 Å². The van der Waals surface area contributed by atoms with Crippen molar-refractivity contribution in [2.24, 2.45) is 0 Å². The third kappa shape index (κ3) is 2.15. The highest BCUT2D eigenvalue weighted by Crippen LogP contribution is 2.17. The zero-order valence-corrected chi connectivity index (χ0v) is 9.94. The summed E-state index contributed by atoms with van der Waals surface area (Å²) in [5.41, 5.74) is 0. The van der Waals surface area contributed by atoms with E-state index in [0.29, 0.717) is 10.4 Å². The van der Waals surface area contributed by atoms with E-state index in [1.165, 1.54) is 0 Å². The number of amides is 1. The molecule has 76 valence electrons. The van der Waals surface area contributed by atoms with E-state index in [2.05, 4.69) is 15.9 Å². The SMILES string of the molecule is O=C(c1ccc(Br)o1)N1CCSCC1. The third-order valence-electron chi connectivity index (χ3n) is 2.08. The maximum Gasteiger partial charge on any atom is 0.289 e. The highest BCUT2D eigenvalue weighted by Gasteiger charge is 2.20. The van der Waals surface area contributed by atoms with Crippen LogP contribution in [0.1, 0.15) is 10.6 Å². The molecule has 0 spiro atoms. The van der Waals surface area contributed by atoms with Crippen molar-refractivity contribution in [3.63, 3.8) is 0 Å². The van der Waals surface area contributed by atoms with Crippen LogP contribution < -0.4 is 0 Å². The molecule has 0 unspecified atom stereocenters. The summed E-state index contributed by atoms with van der Waals surface area (Å²) < 4.78 is 5.82. The van der Waals surface area contributed by atoms with Gasteiger partial charge >= 0.3 is 0 Å². The molecule has 14 heavy (non-hydrogen) atoms. The molecule has 1 aromatic heterocycles. The van der Waals surface area contributed by atoms with Crippen molar-refractivity contribution in [1.29, 1.82) is 0 Å². The zero-order chi connectivity index (χ0) is 9.97. The number of furan rings is 1. The van der Waals surface area contributed by atoms with Crippen LogP contribution in [-0.4, -0.2) is 35.4 Å². The number of carbonyl (C=O) groups excluding carboxylic acids is 1. The molecule has 3 nitrogen and oxygen atoms in total. The minimum atomic E-state index is -0.00370. The Morgan fingerprint density at radius 1 is 1.43 bits per heavy atom. The topological polar surface area (TPSA) is 33.5 Å². The Labute approximate surface area is 95.0 Å². The Kier molecular flexibility index (Phi) is 3.18. The van der Waals surface area contributed by atoms with E-state index in [4.69, 9.17) is 4.42 Å². The molecule has 1 aliphatic heterocycles. The van der Waals surface area contributed by atoms with Gasteiger partial charge in [0, 0.05) is 24.6 Å². The fraction of sp³-hybridized carbons (Fsp3) is 0.444. The van der Waals surface area contributed by atoms with E-state index in [0.717, 1.165) is 24.6 Å². The summed E-state index contributed by atoms with van der Waals surface area (Å²) in [5.74, 6) is 2.46. The van der Waals surface area contributed by atoms with Gasteiger partial charge in [0.25, 0.3) is 5.91 Å². The summed E-state index contributed by atoms with van der Waals surface area (Å²) in [5, 5.41) is 0. The number of carbonyl (C=O) groups is 1. The van der Waals surface area contributed by atoms with Crippen molar-refractivity contribution in [2.45, 2.75) is 0 Å². The number of hydrogen-bond acceptors (Lipinski definition) is 3. The first-order valence-electron chi connectivity index (χ1n) is 4.40. The number of rotatable bonds is 1. The molecular formula is C9H10BrNO2S. The van der Waals surface area contributed by atoms with Crippen LogP contribution in [0.3, 0.4) is 0 Å². The Morgan fingerprint density at radius 3 is 2.71 bits per heavy atom. The van der Waals surface area contributed by atoms with Crippen molar-refractivity contribution in [3.8, 4) is 0 Å². The Bertz CT molecular complexity index is 333. The minimum absolute atomic E-state index is 0.00370. The molecule has 1 amide bonds. The van der Waals surface area contributed by atoms with Gasteiger partial charge in [-0.3, -0.25) is 4.79 Å². The summed E-state index contributed by atoms with van der Waals surface area (Å²) in [4.78, 5) is 13.7. The van der Waals surface area contributed by atoms with Gasteiger partial charge in [0.05, 0.1) is 0 Å². The van der Waals surface area contributed by atoms with Gasteiger partial charge in [-0.15, -0.1) is 0 Å². The molecule has 1 aromatic rings. The van der Waals surface area contributed by atoms with Crippen molar-refractivity contribution >= 4 is 33.6 Å². The first-order chi connectivity index (χ1) is 6.77. The third-order valence-corrected chi connectivity index (χ3v) is 3.45. The standard InChI is InChI=1S/C9H10BrNO2S/c10-8-2-1-7(13-8)9(12)11-3-5-14-6-4-11/h1-2H,3-6H2. The molecule has 0 bridgehead atoms. The summed E-state index contributed by atoms with van der Waals surface area (Å²) in [6.45, 7) is 1.64. The monoisotopic (exact) mass is 275 g/mol. The van der Waals surface area contributed by atoms with E-state index in [-0.39, 0.29) is 5.91 Å². The molecule has 0 aromatic carbocycles. The quantitative estimate of drug-likeness (QED) is 0.788. The van der Waals surface area contributed by atoms with E-state index >= 15 is 0 Å². The summed E-state index contributed by atoms with van der Waals surface area (Å²) in [7, 11) is 0. The second-order valence-corrected chi connectivity index (χ2v) is 5.01. The first kappa shape index (κ1) is 10.1. The molecule has 1 aliphatic rings. The van der Waals surface area contributed by atoms with Crippen molar-refractivity contribution in [3.05, 3.63) is 22.6 Å². The van der Waals surface area contributed by atoms with Crippen LogP contribution in [0.2, 0.25) is 0 Å². The summed E-state index contributed by atoms with van der Waals surface area (Å²) >= 11 is 5.07. The Morgan fingerprint density at radius 2 is 2.14 bits per heavy atom. The highest BCUT2D eigenvalue weighted by molar-refractivity contribution is 9.10. The Hall–Kier alpha value is -0.420.